The molecule has 1 amide bonds. The van der Waals surface area contributed by atoms with Crippen molar-refractivity contribution in [1.82, 2.24) is 4.90 Å². The van der Waals surface area contributed by atoms with Gasteiger partial charge in [0.1, 0.15) is 0 Å². The molecule has 0 heterocycles. The van der Waals surface area contributed by atoms with Crippen LogP contribution in [0.2, 0.25) is 0 Å². The van der Waals surface area contributed by atoms with Crippen LogP contribution in [-0.4, -0.2) is 41.8 Å². The van der Waals surface area contributed by atoms with E-state index in [1.807, 2.05) is 0 Å². The van der Waals surface area contributed by atoms with E-state index in [1.165, 1.54) is 7.11 Å². The van der Waals surface area contributed by atoms with Gasteiger partial charge in [-0.15, -0.1) is 0 Å². The number of aliphatic hydroxyl groups excluding tert-OH is 1. The minimum atomic E-state index is -0.0175. The molecule has 0 aliphatic rings. The van der Waals surface area contributed by atoms with Gasteiger partial charge in [0.15, 0.2) is 11.5 Å². The van der Waals surface area contributed by atoms with E-state index in [0.717, 1.165) is 5.56 Å². The number of nitrogens with zero attached hydrogens (tertiary/aromatic N) is 1. The maximum absolute atomic E-state index is 11.7. The number of amides is 1. The van der Waals surface area contributed by atoms with Crippen molar-refractivity contribution < 1.29 is 19.7 Å². The van der Waals surface area contributed by atoms with Crippen molar-refractivity contribution in [1.29, 1.82) is 0 Å². The summed E-state index contributed by atoms with van der Waals surface area (Å²) in [6.07, 6.45) is 0.810. The fourth-order valence-corrected chi connectivity index (χ4v) is 1.60. The summed E-state index contributed by atoms with van der Waals surface area (Å²) < 4.78 is 5.01. The van der Waals surface area contributed by atoms with Crippen molar-refractivity contribution in [3.8, 4) is 11.5 Å². The Bertz CT molecular complexity index is 406. The zero-order valence-corrected chi connectivity index (χ0v) is 10.7. The Balaban J connectivity index is 2.64. The van der Waals surface area contributed by atoms with Crippen LogP contribution in [-0.2, 0) is 11.3 Å². The van der Waals surface area contributed by atoms with Gasteiger partial charge in [-0.1, -0.05) is 6.07 Å². The Morgan fingerprint density at radius 1 is 1.44 bits per heavy atom. The summed E-state index contributed by atoms with van der Waals surface area (Å²) in [4.78, 5) is 13.2. The van der Waals surface area contributed by atoms with Crippen LogP contribution in [0.15, 0.2) is 18.2 Å². The Morgan fingerprint density at radius 3 is 2.78 bits per heavy atom. The fraction of sp³-hybridized carbons (Fsp3) is 0.462. The molecule has 0 aromatic heterocycles. The van der Waals surface area contributed by atoms with Gasteiger partial charge in [-0.05, 0) is 24.1 Å². The first-order chi connectivity index (χ1) is 8.58. The highest BCUT2D eigenvalue weighted by atomic mass is 16.5. The quantitative estimate of drug-likeness (QED) is 0.797. The summed E-state index contributed by atoms with van der Waals surface area (Å²) in [6.45, 7) is 0.466. The number of aliphatic hydroxyl groups is 1. The number of phenolic OH excluding ortho intramolecular Hbond substituents is 1. The van der Waals surface area contributed by atoms with Gasteiger partial charge in [-0.2, -0.15) is 0 Å². The molecule has 0 spiro atoms. The predicted molar refractivity (Wildman–Crippen MR) is 67.5 cm³/mol. The SMILES string of the molecule is COc1cc(CN(C)C(=O)CCCO)ccc1O. The minimum absolute atomic E-state index is 0.0175. The molecule has 0 saturated heterocycles. The van der Waals surface area contributed by atoms with Crippen LogP contribution in [0.5, 0.6) is 11.5 Å². The number of rotatable bonds is 6. The van der Waals surface area contributed by atoms with Crippen molar-refractivity contribution in [2.75, 3.05) is 20.8 Å². The molecule has 5 nitrogen and oxygen atoms in total. The van der Waals surface area contributed by atoms with Gasteiger partial charge < -0.3 is 19.8 Å². The molecule has 0 aliphatic heterocycles. The maximum Gasteiger partial charge on any atom is 0.222 e. The lowest BCUT2D eigenvalue weighted by atomic mass is 10.2. The first-order valence-corrected chi connectivity index (χ1v) is 5.79. The van der Waals surface area contributed by atoms with Gasteiger partial charge in [0.25, 0.3) is 0 Å². The van der Waals surface area contributed by atoms with Crippen molar-refractivity contribution in [2.24, 2.45) is 0 Å². The molecule has 0 fully saturated rings. The Kier molecular flexibility index (Phi) is 5.45. The molecular formula is C13H19NO4. The number of aromatic hydroxyl groups is 1. The van der Waals surface area contributed by atoms with Crippen LogP contribution in [0.4, 0.5) is 0 Å². The van der Waals surface area contributed by atoms with Gasteiger partial charge in [-0.25, -0.2) is 0 Å². The lowest BCUT2D eigenvalue weighted by Gasteiger charge is -2.17. The Labute approximate surface area is 107 Å². The molecule has 0 aliphatic carbocycles. The molecule has 1 aromatic rings. The summed E-state index contributed by atoms with van der Waals surface area (Å²) in [7, 11) is 3.19. The first-order valence-electron chi connectivity index (χ1n) is 5.79. The summed E-state index contributed by atoms with van der Waals surface area (Å²) in [6, 6.07) is 4.99. The van der Waals surface area contributed by atoms with Gasteiger partial charge in [0.2, 0.25) is 5.91 Å². The van der Waals surface area contributed by atoms with Crippen LogP contribution in [0.1, 0.15) is 18.4 Å². The first kappa shape index (κ1) is 14.3. The van der Waals surface area contributed by atoms with E-state index >= 15 is 0 Å². The number of benzene rings is 1. The lowest BCUT2D eigenvalue weighted by molar-refractivity contribution is -0.130. The third-order valence-electron chi connectivity index (χ3n) is 2.64. The lowest BCUT2D eigenvalue weighted by Crippen LogP contribution is -2.26. The molecular weight excluding hydrogens is 234 g/mol. The zero-order valence-electron chi connectivity index (χ0n) is 10.7. The molecule has 100 valence electrons. The van der Waals surface area contributed by atoms with E-state index in [-0.39, 0.29) is 18.3 Å². The molecule has 2 N–H and O–H groups in total. The van der Waals surface area contributed by atoms with E-state index in [0.29, 0.717) is 25.1 Å². The average Bonchev–Trinajstić information content (AvgIpc) is 2.37. The number of carbonyl (C=O) groups is 1. The number of carbonyl (C=O) groups excluding carboxylic acids is 1. The fourth-order valence-electron chi connectivity index (χ4n) is 1.60. The molecule has 1 rings (SSSR count). The molecule has 0 atom stereocenters. The highest BCUT2D eigenvalue weighted by molar-refractivity contribution is 5.75. The smallest absolute Gasteiger partial charge is 0.222 e. The number of hydrogen-bond acceptors (Lipinski definition) is 4. The third kappa shape index (κ3) is 3.92. The number of ether oxygens (including phenoxy) is 1. The van der Waals surface area contributed by atoms with Crippen molar-refractivity contribution in [3.63, 3.8) is 0 Å². The second-order valence-corrected chi connectivity index (χ2v) is 4.08. The van der Waals surface area contributed by atoms with E-state index in [4.69, 9.17) is 9.84 Å². The van der Waals surface area contributed by atoms with Crippen LogP contribution < -0.4 is 4.74 Å². The molecule has 1 aromatic carbocycles. The van der Waals surface area contributed by atoms with E-state index in [9.17, 15) is 9.90 Å². The molecule has 0 radical (unpaired) electrons. The van der Waals surface area contributed by atoms with Crippen molar-refractivity contribution >= 4 is 5.91 Å². The highest BCUT2D eigenvalue weighted by Crippen LogP contribution is 2.26. The number of hydrogen-bond donors (Lipinski definition) is 2. The molecule has 5 heteroatoms. The van der Waals surface area contributed by atoms with Crippen LogP contribution in [0.25, 0.3) is 0 Å². The Hall–Kier alpha value is -1.75. The standard InChI is InChI=1S/C13H19NO4/c1-14(13(17)4-3-7-15)9-10-5-6-11(16)12(8-10)18-2/h5-6,8,15-16H,3-4,7,9H2,1-2H3. The maximum atomic E-state index is 11.7. The number of methoxy groups -OCH3 is 1. The Morgan fingerprint density at radius 2 is 2.17 bits per heavy atom. The van der Waals surface area contributed by atoms with Crippen molar-refractivity contribution in [2.45, 2.75) is 19.4 Å². The van der Waals surface area contributed by atoms with Gasteiger partial charge in [0.05, 0.1) is 7.11 Å². The normalized spacial score (nSPS) is 10.2. The van der Waals surface area contributed by atoms with E-state index < -0.39 is 0 Å². The summed E-state index contributed by atoms with van der Waals surface area (Å²) in [5.41, 5.74) is 0.879. The molecule has 0 unspecified atom stereocenters. The molecule has 0 saturated carbocycles. The minimum Gasteiger partial charge on any atom is -0.504 e. The monoisotopic (exact) mass is 253 g/mol. The van der Waals surface area contributed by atoms with Crippen molar-refractivity contribution in [3.05, 3.63) is 23.8 Å². The largest absolute Gasteiger partial charge is 0.504 e. The van der Waals surface area contributed by atoms with E-state index in [1.54, 1.807) is 30.1 Å². The molecule has 0 bridgehead atoms. The van der Waals surface area contributed by atoms with Crippen LogP contribution in [0, 0.1) is 0 Å². The second kappa shape index (κ2) is 6.86. The highest BCUT2D eigenvalue weighted by Gasteiger charge is 2.10. The molecule has 18 heavy (non-hydrogen) atoms. The third-order valence-corrected chi connectivity index (χ3v) is 2.64. The van der Waals surface area contributed by atoms with E-state index in [2.05, 4.69) is 0 Å². The van der Waals surface area contributed by atoms with Gasteiger partial charge >= 0.3 is 0 Å². The summed E-state index contributed by atoms with van der Waals surface area (Å²) in [5, 5.41) is 18.1. The zero-order chi connectivity index (χ0) is 13.5. The van der Waals surface area contributed by atoms with Crippen LogP contribution in [0.3, 0.4) is 0 Å². The number of phenols is 1. The average molecular weight is 253 g/mol. The van der Waals surface area contributed by atoms with Gasteiger partial charge in [-0.3, -0.25) is 4.79 Å². The predicted octanol–water partition coefficient (Wildman–Crippen LogP) is 1.13. The summed E-state index contributed by atoms with van der Waals surface area (Å²) in [5.74, 6) is 0.454. The van der Waals surface area contributed by atoms with Crippen LogP contribution >= 0.6 is 0 Å². The topological polar surface area (TPSA) is 70.0 Å². The second-order valence-electron chi connectivity index (χ2n) is 4.08. The van der Waals surface area contributed by atoms with Gasteiger partial charge in [0, 0.05) is 26.6 Å². The summed E-state index contributed by atoms with van der Waals surface area (Å²) >= 11 is 0.